The van der Waals surface area contributed by atoms with Gasteiger partial charge in [0.1, 0.15) is 23.5 Å². The summed E-state index contributed by atoms with van der Waals surface area (Å²) in [4.78, 5) is 22.7. The van der Waals surface area contributed by atoms with Crippen molar-refractivity contribution in [2.45, 2.75) is 26.8 Å². The largest absolute Gasteiger partial charge is 0.378 e. The van der Waals surface area contributed by atoms with E-state index in [1.54, 1.807) is 11.8 Å². The van der Waals surface area contributed by atoms with Crippen molar-refractivity contribution in [1.29, 1.82) is 0 Å². The Bertz CT molecular complexity index is 516. The van der Waals surface area contributed by atoms with Crippen LogP contribution in [0.25, 0.3) is 0 Å². The number of amides is 1. The van der Waals surface area contributed by atoms with E-state index in [2.05, 4.69) is 20.7 Å². The van der Waals surface area contributed by atoms with Crippen LogP contribution in [0.15, 0.2) is 0 Å². The van der Waals surface area contributed by atoms with Crippen LogP contribution in [-0.2, 0) is 9.53 Å². The van der Waals surface area contributed by atoms with Crippen molar-refractivity contribution >= 4 is 17.5 Å². The summed E-state index contributed by atoms with van der Waals surface area (Å²) in [5, 5.41) is 3.14. The van der Waals surface area contributed by atoms with Crippen LogP contribution in [0.1, 0.15) is 18.3 Å². The average Bonchev–Trinajstić information content (AvgIpc) is 2.50. The molecule has 116 valence electrons. The molecule has 1 unspecified atom stereocenters. The van der Waals surface area contributed by atoms with E-state index in [1.807, 2.05) is 13.8 Å². The number of hydrogen-bond donors (Lipinski definition) is 3. The molecule has 1 aliphatic heterocycles. The normalized spacial score (nSPS) is 16.5. The number of nitrogens with one attached hydrogen (secondary N) is 2. The molecule has 1 fully saturated rings. The van der Waals surface area contributed by atoms with Crippen molar-refractivity contribution in [2.24, 2.45) is 5.84 Å². The predicted molar refractivity (Wildman–Crippen MR) is 79.8 cm³/mol. The number of nitrogens with zero attached hydrogens (tertiary/aromatic N) is 3. The Morgan fingerprint density at radius 2 is 1.90 bits per heavy atom. The van der Waals surface area contributed by atoms with Crippen LogP contribution in [0.4, 0.5) is 11.6 Å². The number of aryl methyl sites for hydroxylation is 1. The third-order valence-electron chi connectivity index (χ3n) is 3.44. The molecule has 4 N–H and O–H groups in total. The van der Waals surface area contributed by atoms with Crippen LogP contribution in [0, 0.1) is 13.8 Å². The minimum absolute atomic E-state index is 0.0382. The quantitative estimate of drug-likeness (QED) is 0.532. The number of anilines is 2. The minimum Gasteiger partial charge on any atom is -0.378 e. The van der Waals surface area contributed by atoms with Crippen molar-refractivity contribution < 1.29 is 9.53 Å². The summed E-state index contributed by atoms with van der Waals surface area (Å²) >= 11 is 0. The minimum atomic E-state index is -0.373. The number of morpholine rings is 1. The molecule has 0 radical (unpaired) electrons. The fourth-order valence-corrected chi connectivity index (χ4v) is 2.23. The number of carbonyl (C=O) groups is 1. The highest BCUT2D eigenvalue weighted by atomic mass is 16.5. The van der Waals surface area contributed by atoms with Crippen molar-refractivity contribution in [1.82, 2.24) is 14.9 Å². The Labute approximate surface area is 124 Å². The topological polar surface area (TPSA) is 105 Å². The summed E-state index contributed by atoms with van der Waals surface area (Å²) in [6.45, 7) is 7.88. The van der Waals surface area contributed by atoms with Crippen molar-refractivity contribution in [2.75, 3.05) is 37.0 Å². The maximum Gasteiger partial charge on any atom is 0.244 e. The van der Waals surface area contributed by atoms with E-state index in [0.29, 0.717) is 43.8 Å². The maximum absolute atomic E-state index is 12.4. The summed E-state index contributed by atoms with van der Waals surface area (Å²) in [5.74, 6) is 7.23. The number of hydrogen-bond acceptors (Lipinski definition) is 7. The van der Waals surface area contributed by atoms with Gasteiger partial charge in [-0.3, -0.25) is 4.79 Å². The van der Waals surface area contributed by atoms with E-state index in [9.17, 15) is 4.79 Å². The Morgan fingerprint density at radius 3 is 2.52 bits per heavy atom. The lowest BCUT2D eigenvalue weighted by Crippen LogP contribution is -2.47. The molecule has 2 heterocycles. The van der Waals surface area contributed by atoms with Gasteiger partial charge in [0.05, 0.1) is 13.2 Å². The van der Waals surface area contributed by atoms with Gasteiger partial charge >= 0.3 is 0 Å². The lowest BCUT2D eigenvalue weighted by atomic mass is 10.2. The molecule has 1 aliphatic rings. The zero-order chi connectivity index (χ0) is 15.4. The van der Waals surface area contributed by atoms with E-state index in [4.69, 9.17) is 10.6 Å². The van der Waals surface area contributed by atoms with Gasteiger partial charge in [-0.2, -0.15) is 0 Å². The van der Waals surface area contributed by atoms with E-state index < -0.39 is 0 Å². The molecule has 21 heavy (non-hydrogen) atoms. The summed E-state index contributed by atoms with van der Waals surface area (Å²) in [6.07, 6.45) is 0. The smallest absolute Gasteiger partial charge is 0.244 e. The molecule has 1 amide bonds. The first-order chi connectivity index (χ1) is 10.0. The van der Waals surface area contributed by atoms with Gasteiger partial charge in [-0.05, 0) is 20.8 Å². The molecular weight excluding hydrogens is 272 g/mol. The van der Waals surface area contributed by atoms with Crippen LogP contribution in [0.5, 0.6) is 0 Å². The highest BCUT2D eigenvalue weighted by Gasteiger charge is 2.23. The number of nitrogen functional groups attached to an aromatic ring is 1. The number of rotatable bonds is 4. The first-order valence-corrected chi connectivity index (χ1v) is 6.98. The van der Waals surface area contributed by atoms with Gasteiger partial charge in [-0.25, -0.2) is 15.8 Å². The lowest BCUT2D eigenvalue weighted by molar-refractivity contribution is -0.135. The number of aromatic nitrogens is 2. The summed E-state index contributed by atoms with van der Waals surface area (Å²) in [6, 6.07) is -0.373. The Hall–Kier alpha value is -1.93. The van der Waals surface area contributed by atoms with Gasteiger partial charge < -0.3 is 20.4 Å². The number of carbonyl (C=O) groups excluding carboxylic acids is 1. The molecular formula is C13H22N6O2. The molecule has 0 bridgehead atoms. The second kappa shape index (κ2) is 6.68. The van der Waals surface area contributed by atoms with Crippen molar-refractivity contribution in [3.8, 4) is 0 Å². The van der Waals surface area contributed by atoms with Gasteiger partial charge in [0.15, 0.2) is 0 Å². The van der Waals surface area contributed by atoms with Crippen LogP contribution < -0.4 is 16.6 Å². The third-order valence-corrected chi connectivity index (χ3v) is 3.44. The van der Waals surface area contributed by atoms with Crippen LogP contribution in [-0.4, -0.2) is 53.1 Å². The molecule has 1 aromatic rings. The highest BCUT2D eigenvalue weighted by Crippen LogP contribution is 2.20. The van der Waals surface area contributed by atoms with E-state index >= 15 is 0 Å². The van der Waals surface area contributed by atoms with Crippen LogP contribution >= 0.6 is 0 Å². The van der Waals surface area contributed by atoms with Gasteiger partial charge in [-0.1, -0.05) is 0 Å². The molecule has 2 rings (SSSR count). The molecule has 0 aromatic carbocycles. The van der Waals surface area contributed by atoms with Crippen molar-refractivity contribution in [3.05, 3.63) is 11.4 Å². The Morgan fingerprint density at radius 1 is 1.29 bits per heavy atom. The second-order valence-corrected chi connectivity index (χ2v) is 5.04. The molecule has 0 aliphatic carbocycles. The monoisotopic (exact) mass is 294 g/mol. The fraction of sp³-hybridized carbons (Fsp3) is 0.615. The van der Waals surface area contributed by atoms with E-state index in [1.165, 1.54) is 0 Å². The SMILES string of the molecule is Cc1nc(NN)c(C)c(NC(C)C(=O)N2CCOCC2)n1. The third kappa shape index (κ3) is 3.59. The lowest BCUT2D eigenvalue weighted by Gasteiger charge is -2.29. The summed E-state index contributed by atoms with van der Waals surface area (Å²) in [5.41, 5.74) is 3.32. The predicted octanol–water partition coefficient (Wildman–Crippen LogP) is 0.0382. The standard InChI is InChI=1S/C13H22N6O2/c1-8-11(16-10(3)17-12(8)18-14)15-9(2)13(20)19-4-6-21-7-5-19/h9H,4-7,14H2,1-3H3,(H2,15,16,17,18). The molecule has 0 spiro atoms. The average molecular weight is 294 g/mol. The highest BCUT2D eigenvalue weighted by molar-refractivity contribution is 5.84. The molecule has 0 saturated carbocycles. The number of nitrogens with two attached hydrogens (primary N) is 1. The van der Waals surface area contributed by atoms with Gasteiger partial charge in [0.2, 0.25) is 5.91 Å². The van der Waals surface area contributed by atoms with Gasteiger partial charge in [0, 0.05) is 18.7 Å². The fourth-order valence-electron chi connectivity index (χ4n) is 2.23. The zero-order valence-electron chi connectivity index (χ0n) is 12.6. The Kier molecular flexibility index (Phi) is 4.92. The molecule has 1 aromatic heterocycles. The molecule has 8 heteroatoms. The van der Waals surface area contributed by atoms with Crippen LogP contribution in [0.2, 0.25) is 0 Å². The first-order valence-electron chi connectivity index (χ1n) is 6.98. The number of ether oxygens (including phenoxy) is 1. The van der Waals surface area contributed by atoms with E-state index in [-0.39, 0.29) is 11.9 Å². The summed E-state index contributed by atoms with van der Waals surface area (Å²) < 4.78 is 5.26. The summed E-state index contributed by atoms with van der Waals surface area (Å²) in [7, 11) is 0. The first kappa shape index (κ1) is 15.5. The maximum atomic E-state index is 12.4. The molecule has 8 nitrogen and oxygen atoms in total. The van der Waals surface area contributed by atoms with Crippen LogP contribution in [0.3, 0.4) is 0 Å². The van der Waals surface area contributed by atoms with Crippen molar-refractivity contribution in [3.63, 3.8) is 0 Å². The second-order valence-electron chi connectivity index (χ2n) is 5.04. The molecule has 1 atom stereocenters. The zero-order valence-corrected chi connectivity index (χ0v) is 12.6. The molecule has 1 saturated heterocycles. The number of hydrazine groups is 1. The Balaban J connectivity index is 2.10. The van der Waals surface area contributed by atoms with E-state index in [0.717, 1.165) is 5.56 Å². The van der Waals surface area contributed by atoms with Gasteiger partial charge in [-0.15, -0.1) is 0 Å². The van der Waals surface area contributed by atoms with Gasteiger partial charge in [0.25, 0.3) is 0 Å².